The molecule has 3 rings (SSSR count). The Bertz CT molecular complexity index is 516. The summed E-state index contributed by atoms with van der Waals surface area (Å²) in [6.45, 7) is 0. The normalized spacial score (nSPS) is 16.7. The number of aldehydes is 1. The zero-order chi connectivity index (χ0) is 9.54. The highest BCUT2D eigenvalue weighted by molar-refractivity contribution is 6.20. The zero-order valence-electron chi connectivity index (χ0n) is 7.53. The molecule has 1 nitrogen and oxygen atoms in total. The molecule has 1 aromatic carbocycles. The van der Waals surface area contributed by atoms with Gasteiger partial charge in [0.2, 0.25) is 0 Å². The molecule has 2 aliphatic carbocycles. The number of carbonyl (C=O) groups excluding carboxylic acids is 1. The molecule has 0 radical (unpaired) electrons. The van der Waals surface area contributed by atoms with Crippen LogP contribution in [-0.2, 0) is 4.79 Å². The molecule has 0 unspecified atom stereocenters. The van der Waals surface area contributed by atoms with E-state index in [0.717, 1.165) is 23.0 Å². The average molecular weight is 180 g/mol. The van der Waals surface area contributed by atoms with E-state index >= 15 is 0 Å². The summed E-state index contributed by atoms with van der Waals surface area (Å²) in [6, 6.07) is 8.03. The third kappa shape index (κ3) is 0.765. The SMILES string of the molecule is O=CC1=C2C=CC=C2c2ccccc21. The number of allylic oxidation sites excluding steroid dienone is 6. The van der Waals surface area contributed by atoms with Crippen LogP contribution in [0.3, 0.4) is 0 Å². The molecule has 0 atom stereocenters. The molecule has 1 heteroatoms. The van der Waals surface area contributed by atoms with Crippen LogP contribution < -0.4 is 0 Å². The largest absolute Gasteiger partial charge is 0.298 e. The molecule has 0 heterocycles. The van der Waals surface area contributed by atoms with Gasteiger partial charge in [-0.15, -0.1) is 0 Å². The van der Waals surface area contributed by atoms with Gasteiger partial charge in [-0.2, -0.15) is 0 Å². The Morgan fingerprint density at radius 3 is 2.64 bits per heavy atom. The van der Waals surface area contributed by atoms with E-state index in [1.807, 2.05) is 30.4 Å². The quantitative estimate of drug-likeness (QED) is 0.607. The molecule has 0 aromatic heterocycles. The molecule has 66 valence electrons. The van der Waals surface area contributed by atoms with Crippen molar-refractivity contribution >= 4 is 17.4 Å². The second kappa shape index (κ2) is 2.55. The molecule has 0 bridgehead atoms. The Labute approximate surface area is 82.1 Å². The van der Waals surface area contributed by atoms with Crippen LogP contribution in [-0.4, -0.2) is 6.29 Å². The lowest BCUT2D eigenvalue weighted by atomic mass is 10.0. The van der Waals surface area contributed by atoms with Crippen LogP contribution in [0, 0.1) is 0 Å². The van der Waals surface area contributed by atoms with Gasteiger partial charge in [-0.05, 0) is 22.3 Å². The fourth-order valence-corrected chi connectivity index (χ4v) is 2.11. The molecule has 0 amide bonds. The van der Waals surface area contributed by atoms with Crippen molar-refractivity contribution in [2.45, 2.75) is 0 Å². The van der Waals surface area contributed by atoms with Crippen molar-refractivity contribution in [1.29, 1.82) is 0 Å². The molecule has 0 aliphatic heterocycles. The summed E-state index contributed by atoms with van der Waals surface area (Å²) in [4.78, 5) is 11.0. The minimum absolute atomic E-state index is 0.820. The smallest absolute Gasteiger partial charge is 0.151 e. The van der Waals surface area contributed by atoms with E-state index in [9.17, 15) is 4.79 Å². The van der Waals surface area contributed by atoms with Gasteiger partial charge in [0, 0.05) is 5.57 Å². The Hall–Kier alpha value is -1.89. The predicted octanol–water partition coefficient (Wildman–Crippen LogP) is 2.61. The summed E-state index contributed by atoms with van der Waals surface area (Å²) in [5.41, 5.74) is 5.31. The van der Waals surface area contributed by atoms with E-state index in [2.05, 4.69) is 12.1 Å². The van der Waals surface area contributed by atoms with Crippen LogP contribution in [0.5, 0.6) is 0 Å². The maximum absolute atomic E-state index is 11.0. The van der Waals surface area contributed by atoms with E-state index in [-0.39, 0.29) is 0 Å². The Morgan fingerprint density at radius 2 is 1.86 bits per heavy atom. The lowest BCUT2D eigenvalue weighted by molar-refractivity contribution is -0.103. The summed E-state index contributed by atoms with van der Waals surface area (Å²) in [5.74, 6) is 0. The summed E-state index contributed by atoms with van der Waals surface area (Å²) >= 11 is 0. The third-order valence-electron chi connectivity index (χ3n) is 2.73. The topological polar surface area (TPSA) is 17.1 Å². The summed E-state index contributed by atoms with van der Waals surface area (Å²) < 4.78 is 0. The van der Waals surface area contributed by atoms with Crippen molar-refractivity contribution in [2.24, 2.45) is 0 Å². The monoisotopic (exact) mass is 180 g/mol. The van der Waals surface area contributed by atoms with Gasteiger partial charge in [-0.1, -0.05) is 42.5 Å². The molecular formula is C13H8O. The van der Waals surface area contributed by atoms with Crippen LogP contribution >= 0.6 is 0 Å². The van der Waals surface area contributed by atoms with Crippen molar-refractivity contribution in [3.8, 4) is 0 Å². The van der Waals surface area contributed by atoms with Crippen molar-refractivity contribution in [3.63, 3.8) is 0 Å². The summed E-state index contributed by atoms with van der Waals surface area (Å²) in [6.07, 6.45) is 7.00. The van der Waals surface area contributed by atoms with Crippen LogP contribution in [0.4, 0.5) is 0 Å². The number of hydrogen-bond donors (Lipinski definition) is 0. The average Bonchev–Trinajstić information content (AvgIpc) is 2.77. The molecule has 14 heavy (non-hydrogen) atoms. The second-order valence-electron chi connectivity index (χ2n) is 3.43. The van der Waals surface area contributed by atoms with E-state index in [4.69, 9.17) is 0 Å². The predicted molar refractivity (Wildman–Crippen MR) is 56.5 cm³/mol. The lowest BCUT2D eigenvalue weighted by Crippen LogP contribution is -1.84. The summed E-state index contributed by atoms with van der Waals surface area (Å²) in [5, 5.41) is 0. The van der Waals surface area contributed by atoms with Gasteiger partial charge in [-0.25, -0.2) is 0 Å². The van der Waals surface area contributed by atoms with Crippen molar-refractivity contribution in [2.75, 3.05) is 0 Å². The fourth-order valence-electron chi connectivity index (χ4n) is 2.11. The van der Waals surface area contributed by atoms with E-state index in [1.54, 1.807) is 0 Å². The van der Waals surface area contributed by atoms with Gasteiger partial charge in [0.1, 0.15) is 0 Å². The van der Waals surface area contributed by atoms with Crippen LogP contribution in [0.2, 0.25) is 0 Å². The van der Waals surface area contributed by atoms with Crippen molar-refractivity contribution in [3.05, 3.63) is 59.2 Å². The lowest BCUT2D eigenvalue weighted by Gasteiger charge is -1.98. The van der Waals surface area contributed by atoms with Gasteiger partial charge >= 0.3 is 0 Å². The molecule has 0 saturated carbocycles. The first-order valence-corrected chi connectivity index (χ1v) is 4.60. The Morgan fingerprint density at radius 1 is 1.07 bits per heavy atom. The molecular weight excluding hydrogens is 172 g/mol. The van der Waals surface area contributed by atoms with E-state index in [0.29, 0.717) is 0 Å². The molecule has 2 aliphatic rings. The highest BCUT2D eigenvalue weighted by Crippen LogP contribution is 2.42. The third-order valence-corrected chi connectivity index (χ3v) is 2.73. The minimum Gasteiger partial charge on any atom is -0.298 e. The highest BCUT2D eigenvalue weighted by Gasteiger charge is 2.25. The van der Waals surface area contributed by atoms with Gasteiger partial charge in [0.15, 0.2) is 6.29 Å². The molecule has 0 spiro atoms. The zero-order valence-corrected chi connectivity index (χ0v) is 7.53. The standard InChI is InChI=1S/C13H8O/c14-8-13-11-5-2-1-4-9(11)10-6-3-7-12(10)13/h1-8H. The number of carbonyl (C=O) groups is 1. The molecule has 0 fully saturated rings. The first kappa shape index (κ1) is 7.51. The number of fused-ring (bicyclic) bond motifs is 3. The highest BCUT2D eigenvalue weighted by atomic mass is 16.1. The fraction of sp³-hybridized carbons (Fsp3) is 0. The molecule has 0 N–H and O–H groups in total. The maximum atomic E-state index is 11.0. The molecule has 0 saturated heterocycles. The van der Waals surface area contributed by atoms with Crippen molar-refractivity contribution in [1.82, 2.24) is 0 Å². The molecule has 1 aromatic rings. The van der Waals surface area contributed by atoms with Crippen LogP contribution in [0.15, 0.2) is 48.1 Å². The van der Waals surface area contributed by atoms with Crippen molar-refractivity contribution < 1.29 is 4.79 Å². The summed E-state index contributed by atoms with van der Waals surface area (Å²) in [7, 11) is 0. The van der Waals surface area contributed by atoms with E-state index in [1.165, 1.54) is 11.1 Å². The van der Waals surface area contributed by atoms with Crippen LogP contribution in [0.25, 0.3) is 11.1 Å². The van der Waals surface area contributed by atoms with E-state index < -0.39 is 0 Å². The number of hydrogen-bond acceptors (Lipinski definition) is 1. The van der Waals surface area contributed by atoms with Gasteiger partial charge in [-0.3, -0.25) is 4.79 Å². The minimum atomic E-state index is 0.820. The van der Waals surface area contributed by atoms with Gasteiger partial charge in [0.25, 0.3) is 0 Å². The first-order valence-electron chi connectivity index (χ1n) is 4.60. The number of rotatable bonds is 1. The van der Waals surface area contributed by atoms with Gasteiger partial charge in [0.05, 0.1) is 0 Å². The second-order valence-corrected chi connectivity index (χ2v) is 3.43. The Balaban J connectivity index is 2.38. The maximum Gasteiger partial charge on any atom is 0.151 e. The first-order chi connectivity index (χ1) is 6.92. The Kier molecular flexibility index (Phi) is 1.37. The van der Waals surface area contributed by atoms with Gasteiger partial charge < -0.3 is 0 Å². The number of benzene rings is 1. The van der Waals surface area contributed by atoms with Crippen LogP contribution in [0.1, 0.15) is 11.1 Å².